The molecule has 21 heavy (non-hydrogen) atoms. The van der Waals surface area contributed by atoms with Crippen LogP contribution in [0.5, 0.6) is 0 Å². The minimum Gasteiger partial charge on any atom is -0.381 e. The maximum Gasteiger partial charge on any atom is 0.391 e. The molecule has 0 fully saturated rings. The average Bonchev–Trinajstić information content (AvgIpc) is 2.45. The number of halogens is 3. The molecule has 0 bridgehead atoms. The fourth-order valence-electron chi connectivity index (χ4n) is 2.03. The van der Waals surface area contributed by atoms with Crippen molar-refractivity contribution in [3.63, 3.8) is 0 Å². The molecule has 1 rings (SSSR count). The lowest BCUT2D eigenvalue weighted by atomic mass is 9.88. The largest absolute Gasteiger partial charge is 0.391 e. The average molecular weight is 300 g/mol. The van der Waals surface area contributed by atoms with Crippen LogP contribution in [0.25, 0.3) is 0 Å². The monoisotopic (exact) mass is 300 g/mol. The van der Waals surface area contributed by atoms with Crippen LogP contribution in [0.3, 0.4) is 0 Å². The summed E-state index contributed by atoms with van der Waals surface area (Å²) < 4.78 is 41.1. The Hall–Kier alpha value is -1.58. The molecule has 0 aromatic heterocycles. The van der Waals surface area contributed by atoms with E-state index in [2.05, 4.69) is 11.4 Å². The van der Waals surface area contributed by atoms with Gasteiger partial charge in [-0.25, -0.2) is 0 Å². The summed E-state index contributed by atoms with van der Waals surface area (Å²) in [5.41, 5.74) is -0.150. The number of nitriles is 1. The number of hydrogen-bond acceptors (Lipinski definition) is 3. The van der Waals surface area contributed by atoms with Gasteiger partial charge >= 0.3 is 6.18 Å². The van der Waals surface area contributed by atoms with Gasteiger partial charge < -0.3 is 4.74 Å². The van der Waals surface area contributed by atoms with Crippen molar-refractivity contribution in [3.8, 4) is 6.07 Å². The molecule has 1 unspecified atom stereocenters. The Labute approximate surface area is 122 Å². The van der Waals surface area contributed by atoms with E-state index in [0.29, 0.717) is 13.0 Å². The zero-order valence-electron chi connectivity index (χ0n) is 11.9. The second-order valence-corrected chi connectivity index (χ2v) is 4.64. The van der Waals surface area contributed by atoms with E-state index in [1.165, 1.54) is 0 Å². The van der Waals surface area contributed by atoms with Gasteiger partial charge in [-0.2, -0.15) is 18.4 Å². The summed E-state index contributed by atoms with van der Waals surface area (Å²) in [6.07, 6.45) is -4.90. The Morgan fingerprint density at radius 1 is 1.14 bits per heavy atom. The number of hydrogen-bond donors (Lipinski definition) is 1. The maximum atomic E-state index is 12.0. The highest BCUT2D eigenvalue weighted by Gasteiger charge is 2.31. The molecule has 0 spiro atoms. The van der Waals surface area contributed by atoms with Gasteiger partial charge in [0.05, 0.1) is 19.1 Å². The van der Waals surface area contributed by atoms with E-state index in [4.69, 9.17) is 4.74 Å². The van der Waals surface area contributed by atoms with Crippen LogP contribution >= 0.6 is 0 Å². The number of benzene rings is 1. The standard InChI is InChI=1S/C15H19F3N2O/c1-2-20-14(12-19,13-6-4-3-5-7-13)8-10-21-11-9-15(16,17)18/h3-7,20H,2,8-11H2,1H3. The van der Waals surface area contributed by atoms with Crippen molar-refractivity contribution >= 4 is 0 Å². The summed E-state index contributed by atoms with van der Waals surface area (Å²) in [5, 5.41) is 12.6. The molecule has 0 amide bonds. The van der Waals surface area contributed by atoms with Crippen molar-refractivity contribution in [2.45, 2.75) is 31.5 Å². The van der Waals surface area contributed by atoms with Crippen molar-refractivity contribution in [1.29, 1.82) is 5.26 Å². The van der Waals surface area contributed by atoms with Crippen LogP contribution < -0.4 is 5.32 Å². The quantitative estimate of drug-likeness (QED) is 0.749. The van der Waals surface area contributed by atoms with Crippen LogP contribution in [0, 0.1) is 11.3 Å². The van der Waals surface area contributed by atoms with Crippen molar-refractivity contribution in [2.75, 3.05) is 19.8 Å². The molecule has 0 saturated carbocycles. The first-order chi connectivity index (χ1) is 9.93. The lowest BCUT2D eigenvalue weighted by Crippen LogP contribution is -2.42. The normalized spacial score (nSPS) is 14.4. The van der Waals surface area contributed by atoms with Gasteiger partial charge in [0, 0.05) is 13.0 Å². The van der Waals surface area contributed by atoms with Crippen LogP contribution in [0.1, 0.15) is 25.3 Å². The Bertz CT molecular complexity index is 456. The van der Waals surface area contributed by atoms with E-state index >= 15 is 0 Å². The fourth-order valence-corrected chi connectivity index (χ4v) is 2.03. The molecular formula is C15H19F3N2O. The van der Waals surface area contributed by atoms with Gasteiger partial charge in [0.25, 0.3) is 0 Å². The highest BCUT2D eigenvalue weighted by Crippen LogP contribution is 2.25. The van der Waals surface area contributed by atoms with E-state index in [-0.39, 0.29) is 13.2 Å². The van der Waals surface area contributed by atoms with E-state index in [0.717, 1.165) is 5.56 Å². The number of nitrogens with one attached hydrogen (secondary N) is 1. The van der Waals surface area contributed by atoms with Crippen molar-refractivity contribution in [1.82, 2.24) is 5.32 Å². The molecule has 0 saturated heterocycles. The summed E-state index contributed by atoms with van der Waals surface area (Å²) in [7, 11) is 0. The second-order valence-electron chi connectivity index (χ2n) is 4.64. The number of nitrogens with zero attached hydrogens (tertiary/aromatic N) is 1. The second kappa shape index (κ2) is 8.01. The topological polar surface area (TPSA) is 45.0 Å². The smallest absolute Gasteiger partial charge is 0.381 e. The predicted octanol–water partition coefficient (Wildman–Crippen LogP) is 3.37. The van der Waals surface area contributed by atoms with Gasteiger partial charge in [-0.05, 0) is 12.1 Å². The third-order valence-corrected chi connectivity index (χ3v) is 3.09. The lowest BCUT2D eigenvalue weighted by Gasteiger charge is -2.28. The number of rotatable bonds is 8. The minimum absolute atomic E-state index is 0.0888. The summed E-state index contributed by atoms with van der Waals surface area (Å²) >= 11 is 0. The molecule has 116 valence electrons. The first kappa shape index (κ1) is 17.5. The predicted molar refractivity (Wildman–Crippen MR) is 73.5 cm³/mol. The summed E-state index contributed by atoms with van der Waals surface area (Å²) in [6.45, 7) is 2.15. The first-order valence-corrected chi connectivity index (χ1v) is 6.80. The molecular weight excluding hydrogens is 281 g/mol. The van der Waals surface area contributed by atoms with Crippen LogP contribution in [-0.4, -0.2) is 25.9 Å². The molecule has 0 aliphatic heterocycles. The Morgan fingerprint density at radius 2 is 1.76 bits per heavy atom. The summed E-state index contributed by atoms with van der Waals surface area (Å²) in [5.74, 6) is 0. The van der Waals surface area contributed by atoms with E-state index < -0.39 is 18.1 Å². The molecule has 1 N–H and O–H groups in total. The van der Waals surface area contributed by atoms with Crippen LogP contribution in [0.4, 0.5) is 13.2 Å². The van der Waals surface area contributed by atoms with Crippen LogP contribution in [0.2, 0.25) is 0 Å². The molecule has 0 aliphatic carbocycles. The first-order valence-electron chi connectivity index (χ1n) is 6.80. The lowest BCUT2D eigenvalue weighted by molar-refractivity contribution is -0.145. The van der Waals surface area contributed by atoms with Gasteiger partial charge in [0.1, 0.15) is 5.54 Å². The highest BCUT2D eigenvalue weighted by molar-refractivity contribution is 5.31. The van der Waals surface area contributed by atoms with Crippen LogP contribution in [0.15, 0.2) is 30.3 Å². The van der Waals surface area contributed by atoms with Crippen molar-refractivity contribution in [3.05, 3.63) is 35.9 Å². The molecule has 6 heteroatoms. The molecule has 0 radical (unpaired) electrons. The molecule has 0 heterocycles. The summed E-state index contributed by atoms with van der Waals surface area (Å²) in [4.78, 5) is 0. The van der Waals surface area contributed by atoms with Crippen LogP contribution in [-0.2, 0) is 10.3 Å². The molecule has 0 aliphatic rings. The highest BCUT2D eigenvalue weighted by atomic mass is 19.4. The van der Waals surface area contributed by atoms with Gasteiger partial charge in [0.15, 0.2) is 0 Å². The van der Waals surface area contributed by atoms with E-state index in [1.807, 2.05) is 37.3 Å². The third-order valence-electron chi connectivity index (χ3n) is 3.09. The molecule has 1 atom stereocenters. The fraction of sp³-hybridized carbons (Fsp3) is 0.533. The van der Waals surface area contributed by atoms with E-state index in [9.17, 15) is 18.4 Å². The Balaban J connectivity index is 2.62. The minimum atomic E-state index is -4.21. The SMILES string of the molecule is CCNC(C#N)(CCOCCC(F)(F)F)c1ccccc1. The molecule has 1 aromatic rings. The molecule has 3 nitrogen and oxygen atoms in total. The van der Waals surface area contributed by atoms with Crippen molar-refractivity contribution < 1.29 is 17.9 Å². The third kappa shape index (κ3) is 5.74. The maximum absolute atomic E-state index is 12.0. The van der Waals surface area contributed by atoms with Gasteiger partial charge in [0.2, 0.25) is 0 Å². The number of ether oxygens (including phenoxy) is 1. The Kier molecular flexibility index (Phi) is 6.66. The Morgan fingerprint density at radius 3 is 2.29 bits per heavy atom. The molecule has 1 aromatic carbocycles. The van der Waals surface area contributed by atoms with E-state index in [1.54, 1.807) is 0 Å². The number of alkyl halides is 3. The van der Waals surface area contributed by atoms with Gasteiger partial charge in [-0.3, -0.25) is 5.32 Å². The van der Waals surface area contributed by atoms with Gasteiger partial charge in [-0.1, -0.05) is 37.3 Å². The zero-order valence-corrected chi connectivity index (χ0v) is 11.9. The summed E-state index contributed by atoms with van der Waals surface area (Å²) in [6, 6.07) is 11.4. The van der Waals surface area contributed by atoms with Gasteiger partial charge in [-0.15, -0.1) is 0 Å². The zero-order chi connectivity index (χ0) is 15.8. The van der Waals surface area contributed by atoms with Crippen molar-refractivity contribution in [2.24, 2.45) is 0 Å².